The van der Waals surface area contributed by atoms with E-state index in [0.29, 0.717) is 22.3 Å². The highest BCUT2D eigenvalue weighted by molar-refractivity contribution is 6.38. The molecule has 1 rings (SSSR count). The lowest BCUT2D eigenvalue weighted by Crippen LogP contribution is -2.10. The zero-order chi connectivity index (χ0) is 11.3. The number of ether oxygens (including phenoxy) is 1. The third-order valence-electron chi connectivity index (χ3n) is 1.66. The zero-order valence-corrected chi connectivity index (χ0v) is 9.17. The molecule has 0 aromatic carbocycles. The van der Waals surface area contributed by atoms with Gasteiger partial charge in [-0.05, 0) is 12.1 Å². The van der Waals surface area contributed by atoms with Gasteiger partial charge in [-0.2, -0.15) is 5.10 Å². The third kappa shape index (κ3) is 2.66. The van der Waals surface area contributed by atoms with E-state index in [-0.39, 0.29) is 0 Å². The summed E-state index contributed by atoms with van der Waals surface area (Å²) in [6.45, 7) is 0. The first-order chi connectivity index (χ1) is 7.22. The molecule has 0 radical (unpaired) electrons. The molecule has 0 aliphatic carbocycles. The van der Waals surface area contributed by atoms with Crippen molar-refractivity contribution in [3.05, 3.63) is 22.8 Å². The van der Waals surface area contributed by atoms with Crippen LogP contribution in [0.15, 0.2) is 17.2 Å². The quantitative estimate of drug-likeness (QED) is 0.462. The Labute approximate surface area is 92.6 Å². The maximum atomic E-state index is 7.21. The summed E-state index contributed by atoms with van der Waals surface area (Å²) in [6, 6.07) is 3.32. The van der Waals surface area contributed by atoms with Gasteiger partial charge in [0.15, 0.2) is 0 Å². The number of nitrogens with one attached hydrogen (secondary N) is 2. The van der Waals surface area contributed by atoms with E-state index in [1.54, 1.807) is 19.2 Å². The molecule has 1 heterocycles. The van der Waals surface area contributed by atoms with Gasteiger partial charge in [-0.3, -0.25) is 0 Å². The van der Waals surface area contributed by atoms with Crippen molar-refractivity contribution >= 4 is 23.5 Å². The number of hydrogen-bond donors (Lipinski definition) is 2. The monoisotopic (exact) mass is 226 g/mol. The summed E-state index contributed by atoms with van der Waals surface area (Å²) in [5.41, 5.74) is 3.65. The van der Waals surface area contributed by atoms with Crippen LogP contribution in [-0.2, 0) is 0 Å². The molecule has 5 nitrogen and oxygen atoms in total. The summed E-state index contributed by atoms with van der Waals surface area (Å²) >= 11 is 5.72. The van der Waals surface area contributed by atoms with Crippen molar-refractivity contribution in [2.75, 3.05) is 14.2 Å². The van der Waals surface area contributed by atoms with Gasteiger partial charge in [-0.15, -0.1) is 0 Å². The van der Waals surface area contributed by atoms with Crippen molar-refractivity contribution in [3.63, 3.8) is 0 Å². The minimum Gasteiger partial charge on any atom is -0.480 e. The normalized spacial score (nSPS) is 11.0. The molecule has 0 amide bonds. The second-order valence-corrected chi connectivity index (χ2v) is 2.94. The molecule has 2 N–H and O–H groups in total. The fraction of sp³-hybridized carbons (Fsp3) is 0.222. The van der Waals surface area contributed by atoms with Crippen molar-refractivity contribution in [1.82, 2.24) is 10.4 Å². The molecule has 0 fully saturated rings. The van der Waals surface area contributed by atoms with Gasteiger partial charge in [0.05, 0.1) is 12.7 Å². The maximum Gasteiger partial charge on any atom is 0.224 e. The molecule has 0 saturated heterocycles. The van der Waals surface area contributed by atoms with Crippen LogP contribution in [-0.4, -0.2) is 31.1 Å². The first kappa shape index (κ1) is 11.5. The lowest BCUT2D eigenvalue weighted by molar-refractivity contribution is 0.397. The molecule has 6 heteroatoms. The molecular weight excluding hydrogens is 216 g/mol. The van der Waals surface area contributed by atoms with E-state index in [1.165, 1.54) is 7.11 Å². The van der Waals surface area contributed by atoms with Crippen LogP contribution in [0.1, 0.15) is 5.56 Å². The lowest BCUT2D eigenvalue weighted by Gasteiger charge is -2.06. The fourth-order valence-electron chi connectivity index (χ4n) is 1.06. The predicted octanol–water partition coefficient (Wildman–Crippen LogP) is 1.32. The largest absolute Gasteiger partial charge is 0.480 e. The first-order valence-electron chi connectivity index (χ1n) is 4.18. The summed E-state index contributed by atoms with van der Waals surface area (Å²) in [6.07, 6.45) is 1.12. The van der Waals surface area contributed by atoms with E-state index in [0.717, 1.165) is 6.21 Å². The molecule has 0 aliphatic rings. The molecule has 15 heavy (non-hydrogen) atoms. The van der Waals surface area contributed by atoms with Crippen LogP contribution in [0.4, 0.5) is 0 Å². The summed E-state index contributed by atoms with van der Waals surface area (Å²) in [4.78, 5) is 3.97. The van der Waals surface area contributed by atoms with Crippen molar-refractivity contribution < 1.29 is 4.74 Å². The predicted molar refractivity (Wildman–Crippen MR) is 60.2 cm³/mol. The topological polar surface area (TPSA) is 70.4 Å². The average Bonchev–Trinajstić information content (AvgIpc) is 2.26. The summed E-state index contributed by atoms with van der Waals surface area (Å²) in [5.74, 6) is 0.347. The standard InChI is InChI=1S/C9H11ClN4O/c1-12-14-7(5-11)6-3-4-8(10)13-9(6)15-2/h3-5,11-12H,1-2H3/b11-5?,14-7+. The molecule has 0 aliphatic heterocycles. The van der Waals surface area contributed by atoms with E-state index in [1.807, 2.05) is 0 Å². The minimum absolute atomic E-state index is 0.337. The van der Waals surface area contributed by atoms with Crippen LogP contribution >= 0.6 is 11.6 Å². The second-order valence-electron chi connectivity index (χ2n) is 2.56. The van der Waals surface area contributed by atoms with Crippen LogP contribution in [0.3, 0.4) is 0 Å². The molecule has 0 bridgehead atoms. The summed E-state index contributed by atoms with van der Waals surface area (Å²) in [5, 5.41) is 11.5. The second kappa shape index (κ2) is 5.31. The van der Waals surface area contributed by atoms with Gasteiger partial charge in [0.2, 0.25) is 5.88 Å². The van der Waals surface area contributed by atoms with Gasteiger partial charge in [0.25, 0.3) is 0 Å². The van der Waals surface area contributed by atoms with Crippen molar-refractivity contribution in [2.24, 2.45) is 5.10 Å². The Morgan fingerprint density at radius 1 is 1.67 bits per heavy atom. The van der Waals surface area contributed by atoms with Gasteiger partial charge in [-0.25, -0.2) is 4.98 Å². The minimum atomic E-state index is 0.337. The highest BCUT2D eigenvalue weighted by Gasteiger charge is 2.10. The van der Waals surface area contributed by atoms with Gasteiger partial charge in [-0.1, -0.05) is 11.6 Å². The first-order valence-corrected chi connectivity index (χ1v) is 4.56. The van der Waals surface area contributed by atoms with E-state index >= 15 is 0 Å². The Morgan fingerprint density at radius 3 is 2.93 bits per heavy atom. The van der Waals surface area contributed by atoms with Gasteiger partial charge < -0.3 is 15.6 Å². The van der Waals surface area contributed by atoms with Crippen LogP contribution in [0.25, 0.3) is 0 Å². The van der Waals surface area contributed by atoms with E-state index < -0.39 is 0 Å². The molecule has 80 valence electrons. The van der Waals surface area contributed by atoms with Gasteiger partial charge >= 0.3 is 0 Å². The Kier molecular flexibility index (Phi) is 4.05. The molecule has 1 aromatic heterocycles. The highest BCUT2D eigenvalue weighted by atomic mass is 35.5. The number of aromatic nitrogens is 1. The highest BCUT2D eigenvalue weighted by Crippen LogP contribution is 2.18. The number of hydrazone groups is 1. The van der Waals surface area contributed by atoms with Gasteiger partial charge in [0.1, 0.15) is 10.9 Å². The smallest absolute Gasteiger partial charge is 0.224 e. The van der Waals surface area contributed by atoms with E-state index in [9.17, 15) is 0 Å². The maximum absolute atomic E-state index is 7.21. The number of pyridine rings is 1. The van der Waals surface area contributed by atoms with Crippen molar-refractivity contribution in [1.29, 1.82) is 5.41 Å². The molecule has 1 aromatic rings. The fourth-order valence-corrected chi connectivity index (χ4v) is 1.20. The van der Waals surface area contributed by atoms with Crippen LogP contribution in [0.2, 0.25) is 5.15 Å². The Hall–Kier alpha value is -1.62. The lowest BCUT2D eigenvalue weighted by atomic mass is 10.2. The summed E-state index contributed by atoms with van der Waals surface area (Å²) in [7, 11) is 3.14. The molecule has 0 saturated carbocycles. The van der Waals surface area contributed by atoms with E-state index in [2.05, 4.69) is 15.5 Å². The molecule has 0 atom stereocenters. The van der Waals surface area contributed by atoms with Crippen molar-refractivity contribution in [3.8, 4) is 5.88 Å². The third-order valence-corrected chi connectivity index (χ3v) is 1.88. The summed E-state index contributed by atoms with van der Waals surface area (Å²) < 4.78 is 5.05. The van der Waals surface area contributed by atoms with Crippen LogP contribution in [0.5, 0.6) is 5.88 Å². The van der Waals surface area contributed by atoms with Crippen LogP contribution < -0.4 is 10.2 Å². The number of hydrogen-bond acceptors (Lipinski definition) is 5. The Balaban J connectivity index is 3.23. The molecular formula is C9H11ClN4O. The van der Waals surface area contributed by atoms with Crippen LogP contribution in [0, 0.1) is 5.41 Å². The Bertz CT molecular complexity index is 392. The van der Waals surface area contributed by atoms with E-state index in [4.69, 9.17) is 21.7 Å². The molecule has 0 unspecified atom stereocenters. The number of methoxy groups -OCH3 is 1. The van der Waals surface area contributed by atoms with Crippen molar-refractivity contribution in [2.45, 2.75) is 0 Å². The number of halogens is 1. The Morgan fingerprint density at radius 2 is 2.40 bits per heavy atom. The zero-order valence-electron chi connectivity index (χ0n) is 8.41. The number of nitrogens with zero attached hydrogens (tertiary/aromatic N) is 2. The number of rotatable bonds is 4. The average molecular weight is 227 g/mol. The SMILES string of the molecule is CN/N=C(\C=N)c1ccc(Cl)nc1OC. The van der Waals surface area contributed by atoms with Gasteiger partial charge in [0, 0.05) is 13.3 Å². The molecule has 0 spiro atoms.